The summed E-state index contributed by atoms with van der Waals surface area (Å²) >= 11 is 5.93. The molecule has 94 valence electrons. The molecule has 5 nitrogen and oxygen atoms in total. The van der Waals surface area contributed by atoms with Gasteiger partial charge in [-0.15, -0.1) is 0 Å². The first-order valence-electron chi connectivity index (χ1n) is 5.21. The Morgan fingerprint density at radius 1 is 1.47 bits per heavy atom. The van der Waals surface area contributed by atoms with Gasteiger partial charge in [0.25, 0.3) is 0 Å². The second-order valence-electron chi connectivity index (χ2n) is 3.69. The number of ether oxygens (including phenoxy) is 1. The van der Waals surface area contributed by atoms with Crippen molar-refractivity contribution in [2.45, 2.75) is 19.9 Å². The van der Waals surface area contributed by atoms with E-state index in [1.807, 2.05) is 19.9 Å². The van der Waals surface area contributed by atoms with E-state index in [0.29, 0.717) is 16.7 Å². The van der Waals surface area contributed by atoms with Gasteiger partial charge in [0.2, 0.25) is 5.96 Å². The van der Waals surface area contributed by atoms with Crippen LogP contribution in [0.15, 0.2) is 23.2 Å². The van der Waals surface area contributed by atoms with Crippen molar-refractivity contribution in [1.82, 2.24) is 5.43 Å². The van der Waals surface area contributed by atoms with Gasteiger partial charge < -0.3 is 10.1 Å². The maximum atomic E-state index is 5.93. The number of nitrogens with two attached hydrogens (primary N) is 1. The minimum absolute atomic E-state index is 0.141. The molecule has 0 heterocycles. The van der Waals surface area contributed by atoms with E-state index >= 15 is 0 Å². The molecule has 0 aliphatic heterocycles. The summed E-state index contributed by atoms with van der Waals surface area (Å²) in [6.07, 6.45) is 0. The number of halogens is 1. The predicted molar refractivity (Wildman–Crippen MR) is 71.5 cm³/mol. The molecule has 0 saturated heterocycles. The summed E-state index contributed by atoms with van der Waals surface area (Å²) in [5, 5.41) is 3.59. The van der Waals surface area contributed by atoms with Gasteiger partial charge in [-0.25, -0.2) is 10.8 Å². The van der Waals surface area contributed by atoms with Gasteiger partial charge in [-0.1, -0.05) is 11.6 Å². The Morgan fingerprint density at radius 3 is 2.71 bits per heavy atom. The summed E-state index contributed by atoms with van der Waals surface area (Å²) in [6, 6.07) is 5.47. The molecule has 1 aromatic carbocycles. The minimum atomic E-state index is 0.141. The highest BCUT2D eigenvalue weighted by Gasteiger charge is 2.04. The summed E-state index contributed by atoms with van der Waals surface area (Å²) in [6.45, 7) is 3.92. The van der Waals surface area contributed by atoms with Crippen LogP contribution in [0.25, 0.3) is 0 Å². The standard InChI is InChI=1S/C11H17ClN4O/c1-7(2)14-11(16-13)15-8-4-5-9(12)10(6-8)17-3/h4-7H,13H2,1-3H3,(H2,14,15,16). The van der Waals surface area contributed by atoms with E-state index in [0.717, 1.165) is 5.69 Å². The molecule has 0 aliphatic rings. The van der Waals surface area contributed by atoms with Gasteiger partial charge in [-0.2, -0.15) is 0 Å². The van der Waals surface area contributed by atoms with Crippen LogP contribution in [0.3, 0.4) is 0 Å². The number of rotatable bonds is 3. The fourth-order valence-electron chi connectivity index (χ4n) is 1.24. The maximum Gasteiger partial charge on any atom is 0.210 e. The van der Waals surface area contributed by atoms with Gasteiger partial charge in [0.15, 0.2) is 0 Å². The highest BCUT2D eigenvalue weighted by atomic mass is 35.5. The van der Waals surface area contributed by atoms with Gasteiger partial charge in [0.05, 0.1) is 12.1 Å². The van der Waals surface area contributed by atoms with Crippen molar-refractivity contribution in [2.24, 2.45) is 10.8 Å². The van der Waals surface area contributed by atoms with Crippen LogP contribution < -0.4 is 21.3 Å². The first kappa shape index (κ1) is 13.6. The molecular formula is C11H17ClN4O. The molecule has 0 radical (unpaired) electrons. The average Bonchev–Trinajstić information content (AvgIpc) is 2.30. The number of benzene rings is 1. The predicted octanol–water partition coefficient (Wildman–Crippen LogP) is 1.99. The van der Waals surface area contributed by atoms with E-state index in [-0.39, 0.29) is 6.04 Å². The second-order valence-corrected chi connectivity index (χ2v) is 4.10. The van der Waals surface area contributed by atoms with Crippen molar-refractivity contribution in [2.75, 3.05) is 12.4 Å². The minimum Gasteiger partial charge on any atom is -0.495 e. The van der Waals surface area contributed by atoms with E-state index < -0.39 is 0 Å². The molecule has 0 atom stereocenters. The smallest absolute Gasteiger partial charge is 0.210 e. The van der Waals surface area contributed by atoms with Crippen LogP contribution in [-0.4, -0.2) is 19.1 Å². The van der Waals surface area contributed by atoms with Gasteiger partial charge in [0, 0.05) is 17.8 Å². The number of nitrogens with zero attached hydrogens (tertiary/aromatic N) is 1. The Hall–Kier alpha value is -1.46. The van der Waals surface area contributed by atoms with Crippen LogP contribution in [0.2, 0.25) is 5.02 Å². The lowest BCUT2D eigenvalue weighted by molar-refractivity contribution is 0.415. The highest BCUT2D eigenvalue weighted by molar-refractivity contribution is 6.32. The van der Waals surface area contributed by atoms with E-state index in [9.17, 15) is 0 Å². The maximum absolute atomic E-state index is 5.93. The molecule has 1 rings (SSSR count). The van der Waals surface area contributed by atoms with Crippen molar-refractivity contribution in [3.8, 4) is 5.75 Å². The zero-order chi connectivity index (χ0) is 12.8. The van der Waals surface area contributed by atoms with Crippen LogP contribution in [-0.2, 0) is 0 Å². The Kier molecular flexibility index (Phi) is 5.06. The fourth-order valence-corrected chi connectivity index (χ4v) is 1.43. The zero-order valence-electron chi connectivity index (χ0n) is 10.1. The zero-order valence-corrected chi connectivity index (χ0v) is 10.9. The molecule has 0 spiro atoms. The Bertz CT molecular complexity index is 406. The molecule has 4 N–H and O–H groups in total. The van der Waals surface area contributed by atoms with Crippen molar-refractivity contribution >= 4 is 23.2 Å². The average molecular weight is 257 g/mol. The largest absolute Gasteiger partial charge is 0.495 e. The number of anilines is 1. The number of hydrogen-bond donors (Lipinski definition) is 3. The number of hydrazine groups is 1. The summed E-state index contributed by atoms with van der Waals surface area (Å²) in [7, 11) is 1.56. The third kappa shape index (κ3) is 4.13. The van der Waals surface area contributed by atoms with Crippen molar-refractivity contribution in [1.29, 1.82) is 0 Å². The molecule has 0 bridgehead atoms. The van der Waals surface area contributed by atoms with Crippen LogP contribution in [0.4, 0.5) is 5.69 Å². The summed E-state index contributed by atoms with van der Waals surface area (Å²) in [5.41, 5.74) is 3.29. The SMILES string of the molecule is COc1cc(NC(=NC(C)C)NN)ccc1Cl. The molecule has 0 aliphatic carbocycles. The molecule has 1 aromatic rings. The number of nitrogens with one attached hydrogen (secondary N) is 2. The van der Waals surface area contributed by atoms with Crippen molar-refractivity contribution < 1.29 is 4.74 Å². The quantitative estimate of drug-likeness (QED) is 0.335. The van der Waals surface area contributed by atoms with E-state index in [2.05, 4.69) is 15.7 Å². The number of hydrogen-bond acceptors (Lipinski definition) is 3. The molecule has 0 unspecified atom stereocenters. The topological polar surface area (TPSA) is 71.7 Å². The van der Waals surface area contributed by atoms with Crippen LogP contribution >= 0.6 is 11.6 Å². The van der Waals surface area contributed by atoms with Gasteiger partial charge in [-0.3, -0.25) is 5.43 Å². The molecule has 6 heteroatoms. The van der Waals surface area contributed by atoms with Crippen LogP contribution in [0.1, 0.15) is 13.8 Å². The van der Waals surface area contributed by atoms with E-state index in [1.165, 1.54) is 0 Å². The van der Waals surface area contributed by atoms with Gasteiger partial charge >= 0.3 is 0 Å². The van der Waals surface area contributed by atoms with Gasteiger partial charge in [-0.05, 0) is 26.0 Å². The number of aliphatic imine (C=N–C) groups is 1. The third-order valence-corrected chi connectivity index (χ3v) is 2.25. The fraction of sp³-hybridized carbons (Fsp3) is 0.364. The number of methoxy groups -OCH3 is 1. The van der Waals surface area contributed by atoms with E-state index in [1.54, 1.807) is 19.2 Å². The third-order valence-electron chi connectivity index (χ3n) is 1.94. The first-order chi connectivity index (χ1) is 8.06. The van der Waals surface area contributed by atoms with Crippen LogP contribution in [0.5, 0.6) is 5.75 Å². The normalized spacial score (nSPS) is 11.5. The lowest BCUT2D eigenvalue weighted by atomic mass is 10.3. The van der Waals surface area contributed by atoms with Gasteiger partial charge in [0.1, 0.15) is 5.75 Å². The second kappa shape index (κ2) is 6.32. The molecule has 17 heavy (non-hydrogen) atoms. The summed E-state index contributed by atoms with van der Waals surface area (Å²) < 4.78 is 5.12. The Morgan fingerprint density at radius 2 is 2.18 bits per heavy atom. The van der Waals surface area contributed by atoms with Crippen molar-refractivity contribution in [3.63, 3.8) is 0 Å². The summed E-state index contributed by atoms with van der Waals surface area (Å²) in [4.78, 5) is 4.26. The molecule has 0 fully saturated rings. The van der Waals surface area contributed by atoms with E-state index in [4.69, 9.17) is 22.2 Å². The lowest BCUT2D eigenvalue weighted by Gasteiger charge is -2.12. The Labute approximate surface area is 106 Å². The van der Waals surface area contributed by atoms with Crippen molar-refractivity contribution in [3.05, 3.63) is 23.2 Å². The molecular weight excluding hydrogens is 240 g/mol. The number of guanidine groups is 1. The monoisotopic (exact) mass is 256 g/mol. The Balaban J connectivity index is 2.87. The molecule has 0 saturated carbocycles. The first-order valence-corrected chi connectivity index (χ1v) is 5.59. The lowest BCUT2D eigenvalue weighted by Crippen LogP contribution is -2.36. The highest BCUT2D eigenvalue weighted by Crippen LogP contribution is 2.27. The van der Waals surface area contributed by atoms with Crippen LogP contribution in [0, 0.1) is 0 Å². The molecule has 0 aromatic heterocycles. The molecule has 0 amide bonds. The summed E-state index contributed by atoms with van der Waals surface area (Å²) in [5.74, 6) is 6.45.